The van der Waals surface area contributed by atoms with Crippen molar-refractivity contribution >= 4 is 35.9 Å². The van der Waals surface area contributed by atoms with Crippen LogP contribution in [0, 0.1) is 5.82 Å². The first-order chi connectivity index (χ1) is 14.8. The maximum atomic E-state index is 13.5. The van der Waals surface area contributed by atoms with Crippen molar-refractivity contribution < 1.29 is 19.2 Å². The van der Waals surface area contributed by atoms with E-state index in [1.165, 1.54) is 18.3 Å². The van der Waals surface area contributed by atoms with E-state index in [0.29, 0.717) is 23.5 Å². The second kappa shape index (κ2) is 8.33. The smallest absolute Gasteiger partial charge is 0.423 e. The minimum absolute atomic E-state index is 0.0449. The third kappa shape index (κ3) is 4.07. The number of hydrogen-bond donors (Lipinski definition) is 4. The fourth-order valence-corrected chi connectivity index (χ4v) is 3.84. The number of aromatic nitrogens is 2. The van der Waals surface area contributed by atoms with Crippen LogP contribution in [-0.4, -0.2) is 39.1 Å². The topological polar surface area (TPSA) is 125 Å². The lowest BCUT2D eigenvalue weighted by Crippen LogP contribution is -2.35. The first kappa shape index (κ1) is 20.8. The lowest BCUT2D eigenvalue weighted by atomic mass is 9.81. The van der Waals surface area contributed by atoms with Crippen molar-refractivity contribution in [2.24, 2.45) is 5.73 Å². The Balaban J connectivity index is 1.70. The van der Waals surface area contributed by atoms with E-state index in [4.69, 9.17) is 5.73 Å². The largest absolute Gasteiger partial charge is 0.493 e. The number of hydrogen-bond acceptors (Lipinski definition) is 7. The molecule has 0 saturated heterocycles. The van der Waals surface area contributed by atoms with E-state index in [2.05, 4.69) is 15.3 Å². The molecule has 4 rings (SSSR count). The van der Waals surface area contributed by atoms with Gasteiger partial charge in [0.15, 0.2) is 0 Å². The number of amides is 1. The molecule has 1 aromatic heterocycles. The number of nitrogens with two attached hydrogens (primary N) is 1. The first-order valence-electron chi connectivity index (χ1n) is 9.77. The molecule has 1 aliphatic heterocycles. The third-order valence-electron chi connectivity index (χ3n) is 5.26. The predicted octanol–water partition coefficient (Wildman–Crippen LogP) is 1.09. The van der Waals surface area contributed by atoms with Gasteiger partial charge in [-0.2, -0.15) is 4.98 Å². The molecule has 0 fully saturated rings. The van der Waals surface area contributed by atoms with Crippen molar-refractivity contribution in [2.45, 2.75) is 25.9 Å². The molecule has 3 aromatic rings. The summed E-state index contributed by atoms with van der Waals surface area (Å²) in [5.41, 5.74) is 8.34. The molecule has 1 unspecified atom stereocenters. The molecule has 2 aromatic carbocycles. The molecule has 1 aliphatic rings. The molecule has 31 heavy (non-hydrogen) atoms. The van der Waals surface area contributed by atoms with Gasteiger partial charge in [-0.05, 0) is 48.7 Å². The van der Waals surface area contributed by atoms with E-state index >= 15 is 0 Å². The van der Waals surface area contributed by atoms with Crippen molar-refractivity contribution in [3.63, 3.8) is 0 Å². The Labute approximate surface area is 178 Å². The highest BCUT2D eigenvalue weighted by Crippen LogP contribution is 2.38. The van der Waals surface area contributed by atoms with Gasteiger partial charge >= 0.3 is 7.12 Å². The number of rotatable bonds is 6. The molecular weight excluding hydrogens is 400 g/mol. The van der Waals surface area contributed by atoms with Crippen molar-refractivity contribution in [3.8, 4) is 0 Å². The van der Waals surface area contributed by atoms with Crippen LogP contribution in [0.25, 0.3) is 0 Å². The van der Waals surface area contributed by atoms with E-state index < -0.39 is 13.0 Å². The normalized spacial score (nSPS) is 15.0. The van der Waals surface area contributed by atoms with Gasteiger partial charge in [0.05, 0.1) is 0 Å². The van der Waals surface area contributed by atoms with Crippen molar-refractivity contribution in [2.75, 3.05) is 10.2 Å². The summed E-state index contributed by atoms with van der Waals surface area (Å²) in [5.74, 6) is -0.309. The van der Waals surface area contributed by atoms with E-state index in [0.717, 1.165) is 11.3 Å². The molecule has 158 valence electrons. The van der Waals surface area contributed by atoms with Crippen LogP contribution >= 0.6 is 0 Å². The van der Waals surface area contributed by atoms with Gasteiger partial charge in [0.25, 0.3) is 0 Å². The minimum Gasteiger partial charge on any atom is -0.423 e. The van der Waals surface area contributed by atoms with Gasteiger partial charge < -0.3 is 26.0 Å². The summed E-state index contributed by atoms with van der Waals surface area (Å²) in [6.45, 7) is 2.20. The molecule has 10 heteroatoms. The lowest BCUT2D eigenvalue weighted by Gasteiger charge is -2.24. The number of nitrogens with zero attached hydrogens (tertiary/aromatic N) is 3. The van der Waals surface area contributed by atoms with E-state index in [1.54, 1.807) is 24.3 Å². The van der Waals surface area contributed by atoms with Gasteiger partial charge in [0.2, 0.25) is 11.9 Å². The van der Waals surface area contributed by atoms with Gasteiger partial charge in [-0.15, -0.1) is 0 Å². The van der Waals surface area contributed by atoms with E-state index in [1.807, 2.05) is 17.9 Å². The number of carbonyl (C=O) groups is 1. The van der Waals surface area contributed by atoms with Crippen LogP contribution in [0.3, 0.4) is 0 Å². The Bertz CT molecular complexity index is 1140. The summed E-state index contributed by atoms with van der Waals surface area (Å²) in [6, 6.07) is 11.3. The predicted molar refractivity (Wildman–Crippen MR) is 116 cm³/mol. The van der Waals surface area contributed by atoms with Crippen LogP contribution in [0.5, 0.6) is 0 Å². The number of carbonyl (C=O) groups excluding carboxylic acids is 1. The Morgan fingerprint density at radius 1 is 1.32 bits per heavy atom. The van der Waals surface area contributed by atoms with Gasteiger partial charge in [-0.3, -0.25) is 4.79 Å². The Morgan fingerprint density at radius 2 is 2.10 bits per heavy atom. The van der Waals surface area contributed by atoms with Crippen LogP contribution < -0.4 is 21.4 Å². The summed E-state index contributed by atoms with van der Waals surface area (Å²) in [7, 11) is -1.78. The van der Waals surface area contributed by atoms with Crippen LogP contribution in [0.15, 0.2) is 48.7 Å². The van der Waals surface area contributed by atoms with Crippen molar-refractivity contribution in [1.29, 1.82) is 0 Å². The fraction of sp³-hybridized carbons (Fsp3) is 0.190. The maximum absolute atomic E-state index is 13.5. The highest BCUT2D eigenvalue weighted by Gasteiger charge is 2.32. The molecule has 0 saturated carbocycles. The SMILES string of the molecule is CC1Cc2c(C(N)=O)cccc2N1c1ncc(B(O)O)c(NCc2cccc(F)c2)n1. The summed E-state index contributed by atoms with van der Waals surface area (Å²) in [4.78, 5) is 22.5. The molecule has 0 spiro atoms. The standard InChI is InChI=1S/C21H21BFN5O3/c1-12-8-16-15(19(24)29)6-3-7-18(16)28(12)21-26-11-17(22(30)31)20(27-21)25-10-13-4-2-5-14(23)9-13/h2-7,9,11-12,30-31H,8,10H2,1H3,(H2,24,29)(H,25,26,27). The third-order valence-corrected chi connectivity index (χ3v) is 5.26. The molecule has 8 nitrogen and oxygen atoms in total. The molecule has 0 aliphatic carbocycles. The Kier molecular flexibility index (Phi) is 5.58. The van der Waals surface area contributed by atoms with E-state index in [-0.39, 0.29) is 29.7 Å². The minimum atomic E-state index is -1.78. The summed E-state index contributed by atoms with van der Waals surface area (Å²) < 4.78 is 13.5. The molecule has 5 N–H and O–H groups in total. The van der Waals surface area contributed by atoms with E-state index in [9.17, 15) is 19.2 Å². The maximum Gasteiger partial charge on any atom is 0.493 e. The van der Waals surface area contributed by atoms with Crippen LogP contribution in [-0.2, 0) is 13.0 Å². The molecule has 1 amide bonds. The lowest BCUT2D eigenvalue weighted by molar-refractivity contribution is 0.0999. The Hall–Kier alpha value is -3.50. The number of primary amides is 1. The number of anilines is 3. The molecular formula is C21H21BFN5O3. The van der Waals surface area contributed by atoms with Gasteiger partial charge in [-0.1, -0.05) is 18.2 Å². The zero-order valence-electron chi connectivity index (χ0n) is 16.8. The molecule has 0 bridgehead atoms. The number of halogens is 1. The van der Waals surface area contributed by atoms with Crippen molar-refractivity contribution in [1.82, 2.24) is 9.97 Å². The monoisotopic (exact) mass is 421 g/mol. The van der Waals surface area contributed by atoms with Crippen LogP contribution in [0.4, 0.5) is 21.8 Å². The van der Waals surface area contributed by atoms with Crippen LogP contribution in [0.2, 0.25) is 0 Å². The van der Waals surface area contributed by atoms with Crippen molar-refractivity contribution in [3.05, 3.63) is 71.2 Å². The average Bonchev–Trinajstić information content (AvgIpc) is 3.07. The summed E-state index contributed by atoms with van der Waals surface area (Å²) in [6.07, 6.45) is 1.93. The molecule has 0 radical (unpaired) electrons. The summed E-state index contributed by atoms with van der Waals surface area (Å²) in [5, 5.41) is 22.5. The highest BCUT2D eigenvalue weighted by molar-refractivity contribution is 6.60. The average molecular weight is 421 g/mol. The highest BCUT2D eigenvalue weighted by atomic mass is 19.1. The zero-order chi connectivity index (χ0) is 22.1. The van der Waals surface area contributed by atoms with Crippen LogP contribution in [0.1, 0.15) is 28.4 Å². The number of benzene rings is 2. The summed E-state index contributed by atoms with van der Waals surface area (Å²) >= 11 is 0. The molecule has 1 atom stereocenters. The quantitative estimate of drug-likeness (QED) is 0.439. The molecule has 2 heterocycles. The Morgan fingerprint density at radius 3 is 2.81 bits per heavy atom. The second-order valence-electron chi connectivity index (χ2n) is 7.42. The van der Waals surface area contributed by atoms with Gasteiger partial charge in [0, 0.05) is 35.5 Å². The van der Waals surface area contributed by atoms with Gasteiger partial charge in [0.1, 0.15) is 11.6 Å². The van der Waals surface area contributed by atoms with Gasteiger partial charge in [-0.25, -0.2) is 9.37 Å². The zero-order valence-corrected chi connectivity index (χ0v) is 16.8. The number of nitrogens with one attached hydrogen (secondary N) is 1. The first-order valence-corrected chi connectivity index (χ1v) is 9.77. The second-order valence-corrected chi connectivity index (χ2v) is 7.42. The fourth-order valence-electron chi connectivity index (χ4n) is 3.84. The number of fused-ring (bicyclic) bond motifs is 1.